The number of Topliss-reactive ketones (excluding diaryl/α,β-unsaturated/α-hetero) is 1. The third kappa shape index (κ3) is 7.23. The largest absolute Gasteiger partial charge is 0.340 e. The van der Waals surface area contributed by atoms with Crippen molar-refractivity contribution in [1.29, 1.82) is 0 Å². The molecular weight excluding hydrogens is 346 g/mol. The van der Waals surface area contributed by atoms with Crippen LogP contribution in [0.3, 0.4) is 0 Å². The summed E-state index contributed by atoms with van der Waals surface area (Å²) in [5, 5.41) is 10.8. The molecule has 1 aromatic carbocycles. The zero-order valence-corrected chi connectivity index (χ0v) is 14.4. The van der Waals surface area contributed by atoms with Gasteiger partial charge in [-0.25, -0.2) is 14.3 Å². The van der Waals surface area contributed by atoms with E-state index in [-0.39, 0.29) is 11.3 Å². The summed E-state index contributed by atoms with van der Waals surface area (Å²) in [5.74, 6) is 1.21. The van der Waals surface area contributed by atoms with Gasteiger partial charge in [-0.1, -0.05) is 12.8 Å². The Morgan fingerprint density at radius 2 is 1.69 bits per heavy atom. The molecule has 26 heavy (non-hydrogen) atoms. The van der Waals surface area contributed by atoms with Gasteiger partial charge in [0, 0.05) is 24.0 Å². The van der Waals surface area contributed by atoms with E-state index in [1.54, 1.807) is 0 Å². The fourth-order valence-corrected chi connectivity index (χ4v) is 1.74. The summed E-state index contributed by atoms with van der Waals surface area (Å²) in [5.41, 5.74) is 1.86. The van der Waals surface area contributed by atoms with Crippen LogP contribution < -0.4 is 10.8 Å². The van der Waals surface area contributed by atoms with Crippen molar-refractivity contribution in [3.63, 3.8) is 0 Å². The molecular formula is C18H20F2N2O4. The summed E-state index contributed by atoms with van der Waals surface area (Å²) in [4.78, 5) is 34.3. The van der Waals surface area contributed by atoms with E-state index in [9.17, 15) is 23.2 Å². The Hall–Kier alpha value is -3.05. The molecule has 0 heterocycles. The van der Waals surface area contributed by atoms with Crippen LogP contribution in [0.1, 0.15) is 29.8 Å². The maximum absolute atomic E-state index is 12.8. The summed E-state index contributed by atoms with van der Waals surface area (Å²) in [6.45, 7) is 8.39. The predicted molar refractivity (Wildman–Crippen MR) is 91.6 cm³/mol. The van der Waals surface area contributed by atoms with E-state index >= 15 is 0 Å². The number of amides is 2. The molecule has 1 aromatic rings. The quantitative estimate of drug-likeness (QED) is 0.321. The molecule has 8 heteroatoms. The molecule has 0 aliphatic heterocycles. The Morgan fingerprint density at radius 1 is 1.15 bits per heavy atom. The number of carbonyl (C=O) groups is 3. The summed E-state index contributed by atoms with van der Waals surface area (Å²) in [7, 11) is 0. The average Bonchev–Trinajstić information content (AvgIpc) is 2.64. The van der Waals surface area contributed by atoms with Gasteiger partial charge in [-0.2, -0.15) is 0 Å². The van der Waals surface area contributed by atoms with Gasteiger partial charge in [-0.3, -0.25) is 19.6 Å². The van der Waals surface area contributed by atoms with Crippen LogP contribution in [-0.2, 0) is 9.59 Å². The Labute approximate surface area is 150 Å². The highest BCUT2D eigenvalue weighted by Gasteiger charge is 2.32. The van der Waals surface area contributed by atoms with Crippen molar-refractivity contribution in [2.75, 3.05) is 0 Å². The first-order valence-corrected chi connectivity index (χ1v) is 7.42. The summed E-state index contributed by atoms with van der Waals surface area (Å²) in [6.07, 6.45) is -2.86. The number of nitrogens with one attached hydrogen (secondary N) is 2. The topological polar surface area (TPSA) is 95.5 Å². The SMILES string of the molecule is C=C.CC(=O)C#Cc1ccc(C(=O)NC(C(=O)NO)C(C)C(F)F)cc1. The zero-order chi connectivity index (χ0) is 20.3. The lowest BCUT2D eigenvalue weighted by Gasteiger charge is -2.22. The van der Waals surface area contributed by atoms with Crippen molar-refractivity contribution in [1.82, 2.24) is 10.8 Å². The van der Waals surface area contributed by atoms with Crippen LogP contribution >= 0.6 is 0 Å². The second-order valence-electron chi connectivity index (χ2n) is 5.00. The van der Waals surface area contributed by atoms with E-state index in [1.165, 1.54) is 36.7 Å². The third-order valence-electron chi connectivity index (χ3n) is 3.13. The number of benzene rings is 1. The predicted octanol–water partition coefficient (Wildman–Crippen LogP) is 1.93. The van der Waals surface area contributed by atoms with Crippen molar-refractivity contribution in [3.8, 4) is 11.8 Å². The van der Waals surface area contributed by atoms with Crippen LogP contribution in [0.5, 0.6) is 0 Å². The average molecular weight is 366 g/mol. The summed E-state index contributed by atoms with van der Waals surface area (Å²) in [6, 6.07) is 4.10. The van der Waals surface area contributed by atoms with Gasteiger partial charge in [0.2, 0.25) is 12.2 Å². The molecule has 0 spiro atoms. The van der Waals surface area contributed by atoms with Crippen LogP contribution in [0.2, 0.25) is 0 Å². The Morgan fingerprint density at radius 3 is 2.12 bits per heavy atom. The summed E-state index contributed by atoms with van der Waals surface area (Å²) < 4.78 is 25.6. The highest BCUT2D eigenvalue weighted by molar-refractivity contribution is 5.97. The van der Waals surface area contributed by atoms with Crippen molar-refractivity contribution < 1.29 is 28.4 Å². The van der Waals surface area contributed by atoms with Gasteiger partial charge >= 0.3 is 0 Å². The first-order valence-electron chi connectivity index (χ1n) is 7.42. The molecule has 0 aliphatic carbocycles. The zero-order valence-electron chi connectivity index (χ0n) is 14.4. The molecule has 0 saturated carbocycles. The minimum Gasteiger partial charge on any atom is -0.340 e. The fraction of sp³-hybridized carbons (Fsp3) is 0.278. The monoisotopic (exact) mass is 366 g/mol. The normalized spacial score (nSPS) is 11.8. The lowest BCUT2D eigenvalue weighted by Crippen LogP contribution is -2.51. The molecule has 2 amide bonds. The number of hydroxylamine groups is 1. The molecule has 6 nitrogen and oxygen atoms in total. The van der Waals surface area contributed by atoms with Gasteiger partial charge < -0.3 is 5.32 Å². The first-order chi connectivity index (χ1) is 12.3. The minimum atomic E-state index is -2.86. The molecule has 0 bridgehead atoms. The number of hydrogen-bond acceptors (Lipinski definition) is 4. The third-order valence-corrected chi connectivity index (χ3v) is 3.13. The highest BCUT2D eigenvalue weighted by Crippen LogP contribution is 2.15. The van der Waals surface area contributed by atoms with E-state index < -0.39 is 30.2 Å². The van der Waals surface area contributed by atoms with Crippen molar-refractivity contribution in [2.24, 2.45) is 5.92 Å². The van der Waals surface area contributed by atoms with Gasteiger partial charge in [0.05, 0.1) is 0 Å². The van der Waals surface area contributed by atoms with E-state index in [4.69, 9.17) is 5.21 Å². The molecule has 0 aromatic heterocycles. The number of carbonyl (C=O) groups excluding carboxylic acids is 3. The fourth-order valence-electron chi connectivity index (χ4n) is 1.74. The smallest absolute Gasteiger partial charge is 0.266 e. The van der Waals surface area contributed by atoms with Crippen LogP contribution in [0.4, 0.5) is 8.78 Å². The lowest BCUT2D eigenvalue weighted by molar-refractivity contribution is -0.134. The van der Waals surface area contributed by atoms with E-state index in [2.05, 4.69) is 30.3 Å². The number of ketones is 1. The van der Waals surface area contributed by atoms with Crippen LogP contribution in [0.15, 0.2) is 37.4 Å². The summed E-state index contributed by atoms with van der Waals surface area (Å²) >= 11 is 0. The molecule has 2 unspecified atom stereocenters. The molecule has 140 valence electrons. The van der Waals surface area contributed by atoms with Crippen molar-refractivity contribution in [2.45, 2.75) is 26.3 Å². The van der Waals surface area contributed by atoms with Gasteiger partial charge in [-0.15, -0.1) is 13.2 Å². The Balaban J connectivity index is 0.00000301. The Kier molecular flexibility index (Phi) is 10.1. The van der Waals surface area contributed by atoms with Gasteiger partial charge in [-0.05, 0) is 30.2 Å². The number of halogens is 2. The second-order valence-corrected chi connectivity index (χ2v) is 5.00. The molecule has 1 rings (SSSR count). The lowest BCUT2D eigenvalue weighted by atomic mass is 10.0. The number of hydrogen-bond donors (Lipinski definition) is 3. The van der Waals surface area contributed by atoms with Crippen LogP contribution in [0, 0.1) is 17.8 Å². The van der Waals surface area contributed by atoms with Crippen LogP contribution in [0.25, 0.3) is 0 Å². The number of alkyl halides is 2. The van der Waals surface area contributed by atoms with Gasteiger partial charge in [0.25, 0.3) is 11.8 Å². The van der Waals surface area contributed by atoms with E-state index in [0.29, 0.717) is 5.56 Å². The second kappa shape index (κ2) is 11.5. The minimum absolute atomic E-state index is 0.112. The van der Waals surface area contributed by atoms with Gasteiger partial charge in [0.1, 0.15) is 6.04 Å². The van der Waals surface area contributed by atoms with Crippen molar-refractivity contribution in [3.05, 3.63) is 48.6 Å². The first kappa shape index (κ1) is 22.9. The van der Waals surface area contributed by atoms with E-state index in [1.807, 2.05) is 0 Å². The maximum atomic E-state index is 12.8. The molecule has 0 fully saturated rings. The Bertz CT molecular complexity index is 693. The molecule has 3 N–H and O–H groups in total. The molecule has 0 saturated heterocycles. The molecule has 2 atom stereocenters. The molecule has 0 aliphatic rings. The standard InChI is InChI=1S/C16H16F2N2O4.C2H4/c1-9(21)3-4-11-5-7-12(8-6-11)15(22)19-13(16(23)20-24)10(2)14(17)18;1-2/h5-8,10,13-14,24H,1-2H3,(H,19,22)(H,20,23);1-2H2. The maximum Gasteiger partial charge on any atom is 0.266 e. The molecule has 0 radical (unpaired) electrons. The van der Waals surface area contributed by atoms with E-state index in [0.717, 1.165) is 6.92 Å². The highest BCUT2D eigenvalue weighted by atomic mass is 19.3. The number of rotatable bonds is 5. The van der Waals surface area contributed by atoms with Crippen LogP contribution in [-0.4, -0.2) is 35.3 Å². The van der Waals surface area contributed by atoms with Gasteiger partial charge in [0.15, 0.2) is 0 Å². The van der Waals surface area contributed by atoms with Crippen molar-refractivity contribution >= 4 is 17.6 Å².